The van der Waals surface area contributed by atoms with Crippen LogP contribution in [-0.2, 0) is 11.3 Å². The maximum Gasteiger partial charge on any atom is 0.239 e. The van der Waals surface area contributed by atoms with Crippen LogP contribution < -0.4 is 15.5 Å². The molecule has 1 unspecified atom stereocenters. The van der Waals surface area contributed by atoms with Crippen molar-refractivity contribution in [3.05, 3.63) is 90.3 Å². The molecule has 3 N–H and O–H groups in total. The van der Waals surface area contributed by atoms with Gasteiger partial charge in [0.2, 0.25) is 11.9 Å². The van der Waals surface area contributed by atoms with Crippen LogP contribution in [0.5, 0.6) is 0 Å². The minimum atomic E-state index is 0.0189. The Morgan fingerprint density at radius 2 is 1.81 bits per heavy atom. The molecule has 1 amide bonds. The average Bonchev–Trinajstić information content (AvgIpc) is 3.17. The number of rotatable bonds is 6. The number of nitrogens with one attached hydrogen (secondary N) is 3. The quantitative estimate of drug-likeness (QED) is 0.314. The number of hydrogen-bond donors (Lipinski definition) is 3. The van der Waals surface area contributed by atoms with E-state index in [0.717, 1.165) is 46.4 Å². The van der Waals surface area contributed by atoms with Gasteiger partial charge in [-0.1, -0.05) is 63.2 Å². The van der Waals surface area contributed by atoms with Crippen molar-refractivity contribution in [2.45, 2.75) is 46.2 Å². The molecule has 6 nitrogen and oxygen atoms in total. The number of nitrogens with zero attached hydrogens (tertiary/aromatic N) is 2. The van der Waals surface area contributed by atoms with E-state index < -0.39 is 0 Å². The summed E-state index contributed by atoms with van der Waals surface area (Å²) in [6.45, 7) is 7.55. The van der Waals surface area contributed by atoms with Gasteiger partial charge in [-0.2, -0.15) is 0 Å². The standard InChI is InChI=1S/C30H33N5O/c1-30(2,3)27-14-8-10-22-9-4-7-13-26(22)35(27)20-28(36)31-19-21-15-17-23(18-16-21)32-29-33-24-11-5-6-12-25(24)34-29/h4-7,9,11-13,15-18,27H,8,14,19-20H2,1-3H3,(H,31,36)(H2,32,33,34). The third kappa shape index (κ3) is 5.38. The lowest BCUT2D eigenvalue weighted by Gasteiger charge is -2.41. The van der Waals surface area contributed by atoms with Crippen LogP contribution in [0.15, 0.2) is 72.8 Å². The molecule has 3 aromatic carbocycles. The lowest BCUT2D eigenvalue weighted by molar-refractivity contribution is -0.120. The van der Waals surface area contributed by atoms with Crippen molar-refractivity contribution >= 4 is 34.3 Å². The first-order chi connectivity index (χ1) is 17.4. The molecule has 1 aliphatic heterocycles. The summed E-state index contributed by atoms with van der Waals surface area (Å²) in [5, 5.41) is 6.42. The van der Waals surface area contributed by atoms with Gasteiger partial charge in [0.05, 0.1) is 17.6 Å². The zero-order chi connectivity index (χ0) is 25.1. The average molecular weight is 480 g/mol. The van der Waals surface area contributed by atoms with Crippen LogP contribution in [0.2, 0.25) is 0 Å². The normalized spacial score (nSPS) is 15.9. The van der Waals surface area contributed by atoms with Crippen LogP contribution in [0, 0.1) is 11.8 Å². The van der Waals surface area contributed by atoms with Gasteiger partial charge in [-0.15, -0.1) is 0 Å². The highest BCUT2D eigenvalue weighted by atomic mass is 16.2. The highest BCUT2D eigenvalue weighted by Gasteiger charge is 2.34. The van der Waals surface area contributed by atoms with E-state index in [1.807, 2.05) is 60.7 Å². The number of H-pyrrole nitrogens is 1. The molecular formula is C30H33N5O. The number of hydrogen-bond acceptors (Lipinski definition) is 4. The highest BCUT2D eigenvalue weighted by Crippen LogP contribution is 2.37. The number of para-hydroxylation sites is 3. The Balaban J connectivity index is 1.22. The first kappa shape index (κ1) is 23.9. The predicted molar refractivity (Wildman–Crippen MR) is 146 cm³/mol. The van der Waals surface area contributed by atoms with E-state index in [2.05, 4.69) is 64.8 Å². The molecule has 0 spiro atoms. The van der Waals surface area contributed by atoms with E-state index in [1.54, 1.807) is 0 Å². The molecule has 0 bridgehead atoms. The van der Waals surface area contributed by atoms with Gasteiger partial charge in [-0.3, -0.25) is 4.79 Å². The lowest BCUT2D eigenvalue weighted by Crippen LogP contribution is -2.48. The zero-order valence-electron chi connectivity index (χ0n) is 21.1. The van der Waals surface area contributed by atoms with Gasteiger partial charge in [0.1, 0.15) is 0 Å². The van der Waals surface area contributed by atoms with Crippen molar-refractivity contribution in [2.24, 2.45) is 5.41 Å². The predicted octanol–water partition coefficient (Wildman–Crippen LogP) is 6.07. The third-order valence-electron chi connectivity index (χ3n) is 6.73. The molecule has 0 fully saturated rings. The number of carbonyl (C=O) groups is 1. The molecule has 5 rings (SSSR count). The topological polar surface area (TPSA) is 73.1 Å². The number of carbonyl (C=O) groups excluding carboxylic acids is 1. The van der Waals surface area contributed by atoms with Crippen molar-refractivity contribution in [1.82, 2.24) is 15.3 Å². The van der Waals surface area contributed by atoms with Gasteiger partial charge in [0.25, 0.3) is 0 Å². The van der Waals surface area contributed by atoms with E-state index in [9.17, 15) is 4.79 Å². The number of aromatic amines is 1. The molecule has 0 saturated carbocycles. The smallest absolute Gasteiger partial charge is 0.239 e. The van der Waals surface area contributed by atoms with Crippen LogP contribution in [0.25, 0.3) is 11.0 Å². The molecule has 4 aromatic rings. The molecule has 36 heavy (non-hydrogen) atoms. The molecule has 1 aliphatic rings. The van der Waals surface area contributed by atoms with Crippen molar-refractivity contribution in [2.75, 3.05) is 16.8 Å². The number of fused-ring (bicyclic) bond motifs is 2. The maximum absolute atomic E-state index is 13.1. The first-order valence-corrected chi connectivity index (χ1v) is 12.5. The second-order valence-electron chi connectivity index (χ2n) is 10.4. The summed E-state index contributed by atoms with van der Waals surface area (Å²) in [7, 11) is 0. The minimum Gasteiger partial charge on any atom is -0.358 e. The van der Waals surface area contributed by atoms with Crippen molar-refractivity contribution in [1.29, 1.82) is 0 Å². The fraction of sp³-hybridized carbons (Fsp3) is 0.300. The fourth-order valence-corrected chi connectivity index (χ4v) is 4.90. The maximum atomic E-state index is 13.1. The first-order valence-electron chi connectivity index (χ1n) is 12.5. The molecule has 1 atom stereocenters. The Hall–Kier alpha value is -3.80. The molecule has 2 heterocycles. The summed E-state index contributed by atoms with van der Waals surface area (Å²) >= 11 is 0. The van der Waals surface area contributed by atoms with Gasteiger partial charge in [0.15, 0.2) is 0 Å². The lowest BCUT2D eigenvalue weighted by atomic mass is 9.83. The van der Waals surface area contributed by atoms with Gasteiger partial charge in [-0.25, -0.2) is 4.98 Å². The zero-order valence-corrected chi connectivity index (χ0v) is 21.1. The van der Waals surface area contributed by atoms with Gasteiger partial charge >= 0.3 is 0 Å². The Morgan fingerprint density at radius 1 is 1.06 bits per heavy atom. The fourth-order valence-electron chi connectivity index (χ4n) is 4.90. The highest BCUT2D eigenvalue weighted by molar-refractivity contribution is 5.82. The van der Waals surface area contributed by atoms with E-state index in [0.29, 0.717) is 19.0 Å². The Labute approximate surface area is 213 Å². The Morgan fingerprint density at radius 3 is 2.58 bits per heavy atom. The van der Waals surface area contributed by atoms with Crippen LogP contribution >= 0.6 is 0 Å². The number of anilines is 3. The Bertz CT molecular complexity index is 1300. The van der Waals surface area contributed by atoms with Crippen molar-refractivity contribution in [3.8, 4) is 0 Å². The van der Waals surface area contributed by atoms with E-state index in [1.165, 1.54) is 0 Å². The summed E-state index contributed by atoms with van der Waals surface area (Å²) in [5.41, 5.74) is 6.12. The summed E-state index contributed by atoms with van der Waals surface area (Å²) in [6.07, 6.45) is 5.40. The van der Waals surface area contributed by atoms with Crippen LogP contribution in [0.4, 0.5) is 17.3 Å². The van der Waals surface area contributed by atoms with E-state index >= 15 is 0 Å². The van der Waals surface area contributed by atoms with Gasteiger partial charge in [-0.05, 0) is 59.7 Å². The summed E-state index contributed by atoms with van der Waals surface area (Å²) in [5.74, 6) is 0.725. The van der Waals surface area contributed by atoms with Crippen molar-refractivity contribution in [3.63, 3.8) is 0 Å². The van der Waals surface area contributed by atoms with E-state index in [4.69, 9.17) is 0 Å². The van der Waals surface area contributed by atoms with Crippen molar-refractivity contribution < 1.29 is 4.79 Å². The Kier molecular flexibility index (Phi) is 6.68. The molecule has 6 heteroatoms. The minimum absolute atomic E-state index is 0.0189. The molecule has 2 radical (unpaired) electrons. The molecule has 0 saturated heterocycles. The van der Waals surface area contributed by atoms with E-state index in [-0.39, 0.29) is 17.4 Å². The summed E-state index contributed by atoms with van der Waals surface area (Å²) in [4.78, 5) is 23.2. The summed E-state index contributed by atoms with van der Waals surface area (Å²) < 4.78 is 0. The summed E-state index contributed by atoms with van der Waals surface area (Å²) in [6, 6.07) is 24.5. The SMILES string of the molecule is CC(C)(C)C1CC[C]c2ccccc2N1CC(=O)NCc1ccc(Nc2nc3ccccc3[nH]2)cc1. The van der Waals surface area contributed by atoms with Gasteiger partial charge in [0, 0.05) is 30.4 Å². The number of imidazole rings is 1. The third-order valence-corrected chi connectivity index (χ3v) is 6.73. The number of benzene rings is 3. The second kappa shape index (κ2) is 10.1. The molecule has 0 aliphatic carbocycles. The van der Waals surface area contributed by atoms with Gasteiger partial charge < -0.3 is 20.5 Å². The largest absolute Gasteiger partial charge is 0.358 e. The van der Waals surface area contributed by atoms with Crippen LogP contribution in [-0.4, -0.2) is 28.5 Å². The van der Waals surface area contributed by atoms with Crippen LogP contribution in [0.3, 0.4) is 0 Å². The second-order valence-corrected chi connectivity index (χ2v) is 10.4. The number of aromatic nitrogens is 2. The number of amides is 1. The molecular weight excluding hydrogens is 446 g/mol. The van der Waals surface area contributed by atoms with Crippen LogP contribution in [0.1, 0.15) is 44.7 Å². The molecule has 184 valence electrons. The monoisotopic (exact) mass is 479 g/mol. The molecule has 1 aromatic heterocycles.